The van der Waals surface area contributed by atoms with Gasteiger partial charge in [-0.3, -0.25) is 0 Å². The van der Waals surface area contributed by atoms with E-state index in [1.165, 1.54) is 0 Å². The smallest absolute Gasteiger partial charge is 0.338 e. The van der Waals surface area contributed by atoms with E-state index in [2.05, 4.69) is 15.9 Å². The summed E-state index contributed by atoms with van der Waals surface area (Å²) in [6, 6.07) is 12.8. The molecule has 0 saturated carbocycles. The molecule has 110 valence electrons. The summed E-state index contributed by atoms with van der Waals surface area (Å²) in [5, 5.41) is 0. The van der Waals surface area contributed by atoms with Crippen molar-refractivity contribution in [1.29, 1.82) is 0 Å². The van der Waals surface area contributed by atoms with Crippen LogP contribution in [0.5, 0.6) is 0 Å². The number of esters is 1. The van der Waals surface area contributed by atoms with Crippen LogP contribution in [0.2, 0.25) is 0 Å². The Morgan fingerprint density at radius 1 is 1.24 bits per heavy atom. The lowest BCUT2D eigenvalue weighted by atomic mass is 10.1. The molecule has 0 aromatic heterocycles. The van der Waals surface area contributed by atoms with Gasteiger partial charge in [-0.25, -0.2) is 4.79 Å². The van der Waals surface area contributed by atoms with Crippen LogP contribution in [0.1, 0.15) is 15.9 Å². The number of nitrogen functional groups attached to an aromatic ring is 1. The number of nitrogens with two attached hydrogens (primary N) is 1. The third-order valence-electron chi connectivity index (χ3n) is 3.06. The number of hydrogen-bond donors (Lipinski definition) is 1. The van der Waals surface area contributed by atoms with E-state index in [0.717, 1.165) is 15.7 Å². The summed E-state index contributed by atoms with van der Waals surface area (Å²) in [7, 11) is 3.80. The number of carbonyl (C=O) groups is 1. The van der Waals surface area contributed by atoms with Gasteiger partial charge in [-0.05, 0) is 24.3 Å². The molecule has 21 heavy (non-hydrogen) atoms. The van der Waals surface area contributed by atoms with Gasteiger partial charge in [0.15, 0.2) is 0 Å². The summed E-state index contributed by atoms with van der Waals surface area (Å²) < 4.78 is 6.23. The minimum Gasteiger partial charge on any atom is -0.457 e. The molecule has 0 spiro atoms. The highest BCUT2D eigenvalue weighted by atomic mass is 79.9. The number of ether oxygens (including phenoxy) is 1. The van der Waals surface area contributed by atoms with Crippen molar-refractivity contribution in [1.82, 2.24) is 0 Å². The summed E-state index contributed by atoms with van der Waals surface area (Å²) in [6.07, 6.45) is 0. The van der Waals surface area contributed by atoms with Gasteiger partial charge in [-0.15, -0.1) is 0 Å². The van der Waals surface area contributed by atoms with Gasteiger partial charge < -0.3 is 15.4 Å². The molecule has 0 aliphatic rings. The highest BCUT2D eigenvalue weighted by Crippen LogP contribution is 2.23. The Bertz CT molecular complexity index is 656. The first-order valence-corrected chi connectivity index (χ1v) is 7.25. The first-order chi connectivity index (χ1) is 9.99. The molecular weight excluding hydrogens is 332 g/mol. The largest absolute Gasteiger partial charge is 0.457 e. The molecule has 2 N–H and O–H groups in total. The zero-order valence-electron chi connectivity index (χ0n) is 12.0. The maximum atomic E-state index is 12.1. The SMILES string of the molecule is CN(C)c1ccc(C(=O)OCc2ccccc2Br)cc1N. The van der Waals surface area contributed by atoms with Gasteiger partial charge in [-0.1, -0.05) is 34.1 Å². The van der Waals surface area contributed by atoms with Crippen molar-refractivity contribution in [2.75, 3.05) is 24.7 Å². The number of rotatable bonds is 4. The summed E-state index contributed by atoms with van der Waals surface area (Å²) in [6.45, 7) is 0.218. The van der Waals surface area contributed by atoms with Crippen molar-refractivity contribution in [3.05, 3.63) is 58.1 Å². The summed E-state index contributed by atoms with van der Waals surface area (Å²) in [5.74, 6) is -0.386. The van der Waals surface area contributed by atoms with Gasteiger partial charge in [0.25, 0.3) is 0 Å². The fourth-order valence-corrected chi connectivity index (χ4v) is 2.33. The summed E-state index contributed by atoms with van der Waals surface area (Å²) in [5.41, 5.74) is 8.73. The van der Waals surface area contributed by atoms with Crippen LogP contribution in [-0.4, -0.2) is 20.1 Å². The number of benzene rings is 2. The zero-order valence-corrected chi connectivity index (χ0v) is 13.6. The van der Waals surface area contributed by atoms with Gasteiger partial charge in [0, 0.05) is 24.1 Å². The minimum absolute atomic E-state index is 0.218. The maximum Gasteiger partial charge on any atom is 0.338 e. The molecular formula is C16H17BrN2O2. The molecule has 0 fully saturated rings. The molecule has 0 unspecified atom stereocenters. The van der Waals surface area contributed by atoms with Crippen LogP contribution in [0.25, 0.3) is 0 Å². The molecule has 0 bridgehead atoms. The average Bonchev–Trinajstić information content (AvgIpc) is 2.45. The Kier molecular flexibility index (Phi) is 4.85. The van der Waals surface area contributed by atoms with E-state index in [9.17, 15) is 4.79 Å². The van der Waals surface area contributed by atoms with Crippen LogP contribution in [0.15, 0.2) is 46.9 Å². The van der Waals surface area contributed by atoms with Crippen LogP contribution in [-0.2, 0) is 11.3 Å². The van der Waals surface area contributed by atoms with Gasteiger partial charge in [0.2, 0.25) is 0 Å². The quantitative estimate of drug-likeness (QED) is 0.679. The van der Waals surface area contributed by atoms with E-state index in [0.29, 0.717) is 11.3 Å². The van der Waals surface area contributed by atoms with Crippen molar-refractivity contribution in [2.45, 2.75) is 6.61 Å². The fourth-order valence-electron chi connectivity index (χ4n) is 1.93. The van der Waals surface area contributed by atoms with Gasteiger partial charge in [-0.2, -0.15) is 0 Å². The predicted octanol–water partition coefficient (Wildman–Crippen LogP) is 3.45. The number of anilines is 2. The van der Waals surface area contributed by atoms with E-state index >= 15 is 0 Å². The number of carbonyl (C=O) groups excluding carboxylic acids is 1. The third kappa shape index (κ3) is 3.76. The van der Waals surface area contributed by atoms with E-state index in [4.69, 9.17) is 10.5 Å². The molecule has 4 nitrogen and oxygen atoms in total. The average molecular weight is 349 g/mol. The van der Waals surface area contributed by atoms with Crippen LogP contribution in [0.4, 0.5) is 11.4 Å². The zero-order chi connectivity index (χ0) is 15.4. The van der Waals surface area contributed by atoms with Crippen LogP contribution in [0, 0.1) is 0 Å². The van der Waals surface area contributed by atoms with Crippen LogP contribution < -0.4 is 10.6 Å². The fraction of sp³-hybridized carbons (Fsp3) is 0.188. The highest BCUT2D eigenvalue weighted by Gasteiger charge is 2.11. The Balaban J connectivity index is 2.07. The lowest BCUT2D eigenvalue weighted by molar-refractivity contribution is 0.0472. The van der Waals surface area contributed by atoms with Crippen molar-refractivity contribution in [3.63, 3.8) is 0 Å². The molecule has 2 aromatic rings. The Labute approximate surface area is 132 Å². The first-order valence-electron chi connectivity index (χ1n) is 6.46. The molecule has 0 radical (unpaired) electrons. The second-order valence-corrected chi connectivity index (χ2v) is 5.69. The molecule has 2 aromatic carbocycles. The van der Waals surface area contributed by atoms with E-state index < -0.39 is 0 Å². The minimum atomic E-state index is -0.386. The molecule has 5 heteroatoms. The van der Waals surface area contributed by atoms with Crippen molar-refractivity contribution in [2.24, 2.45) is 0 Å². The standard InChI is InChI=1S/C16H17BrN2O2/c1-19(2)15-8-7-11(9-14(15)18)16(20)21-10-12-5-3-4-6-13(12)17/h3-9H,10,18H2,1-2H3. The molecule has 0 aliphatic carbocycles. The van der Waals surface area contributed by atoms with Gasteiger partial charge in [0.1, 0.15) is 6.61 Å². The molecule has 0 aliphatic heterocycles. The van der Waals surface area contributed by atoms with Crippen molar-refractivity contribution in [3.8, 4) is 0 Å². The highest BCUT2D eigenvalue weighted by molar-refractivity contribution is 9.10. The maximum absolute atomic E-state index is 12.1. The van der Waals surface area contributed by atoms with Crippen molar-refractivity contribution < 1.29 is 9.53 Å². The lowest BCUT2D eigenvalue weighted by Gasteiger charge is -2.15. The molecule has 0 saturated heterocycles. The Hall–Kier alpha value is -2.01. The normalized spacial score (nSPS) is 10.2. The lowest BCUT2D eigenvalue weighted by Crippen LogP contribution is -2.12. The first kappa shape index (κ1) is 15.4. The Morgan fingerprint density at radius 2 is 1.95 bits per heavy atom. The van der Waals surface area contributed by atoms with Gasteiger partial charge in [0.05, 0.1) is 16.9 Å². The molecule has 0 amide bonds. The van der Waals surface area contributed by atoms with E-state index in [1.807, 2.05) is 49.3 Å². The molecule has 0 heterocycles. The molecule has 0 atom stereocenters. The number of halogens is 1. The van der Waals surface area contributed by atoms with E-state index in [1.54, 1.807) is 12.1 Å². The van der Waals surface area contributed by atoms with Crippen LogP contribution in [0.3, 0.4) is 0 Å². The Morgan fingerprint density at radius 3 is 2.57 bits per heavy atom. The van der Waals surface area contributed by atoms with Gasteiger partial charge >= 0.3 is 5.97 Å². The van der Waals surface area contributed by atoms with Crippen LogP contribution >= 0.6 is 15.9 Å². The molecule has 2 rings (SSSR count). The van der Waals surface area contributed by atoms with Crippen molar-refractivity contribution >= 4 is 33.3 Å². The number of hydrogen-bond acceptors (Lipinski definition) is 4. The second kappa shape index (κ2) is 6.63. The summed E-state index contributed by atoms with van der Waals surface area (Å²) in [4.78, 5) is 14.0. The monoisotopic (exact) mass is 348 g/mol. The van der Waals surface area contributed by atoms with E-state index in [-0.39, 0.29) is 12.6 Å². The summed E-state index contributed by atoms with van der Waals surface area (Å²) >= 11 is 3.42. The predicted molar refractivity (Wildman–Crippen MR) is 88.4 cm³/mol. The topological polar surface area (TPSA) is 55.6 Å². The number of nitrogens with zero attached hydrogens (tertiary/aromatic N) is 1. The second-order valence-electron chi connectivity index (χ2n) is 4.84. The third-order valence-corrected chi connectivity index (χ3v) is 3.84.